The second kappa shape index (κ2) is 11.5. The van der Waals surface area contributed by atoms with E-state index in [-0.39, 0.29) is 30.4 Å². The summed E-state index contributed by atoms with van der Waals surface area (Å²) in [6.07, 6.45) is 3.37. The number of carbonyl (C=O) groups excluding carboxylic acids is 3. The zero-order chi connectivity index (χ0) is 24.8. The third-order valence-corrected chi connectivity index (χ3v) is 6.22. The lowest BCUT2D eigenvalue weighted by Crippen LogP contribution is -2.42. The molecular weight excluding hydrogens is 470 g/mol. The van der Waals surface area contributed by atoms with Gasteiger partial charge < -0.3 is 24.6 Å². The van der Waals surface area contributed by atoms with Crippen LogP contribution in [-0.4, -0.2) is 67.7 Å². The Morgan fingerprint density at radius 2 is 1.91 bits per heavy atom. The zero-order valence-corrected chi connectivity index (χ0v) is 20.2. The molecule has 2 saturated heterocycles. The first-order valence-electron chi connectivity index (χ1n) is 11.6. The third kappa shape index (κ3) is 6.28. The molecule has 2 aliphatic heterocycles. The second-order valence-corrected chi connectivity index (χ2v) is 8.77. The smallest absolute Gasteiger partial charge is 0.253 e. The van der Waals surface area contributed by atoms with Crippen molar-refractivity contribution < 1.29 is 23.9 Å². The molecule has 2 aromatic carbocycles. The molecule has 3 amide bonds. The topological polar surface area (TPSA) is 88.2 Å². The van der Waals surface area contributed by atoms with Gasteiger partial charge in [0.1, 0.15) is 12.6 Å². The van der Waals surface area contributed by atoms with E-state index in [1.165, 1.54) is 6.08 Å². The number of halogens is 1. The minimum Gasteiger partial charge on any atom is -0.377 e. The van der Waals surface area contributed by atoms with Crippen LogP contribution < -0.4 is 10.2 Å². The summed E-state index contributed by atoms with van der Waals surface area (Å²) in [5, 5.41) is 3.52. The van der Waals surface area contributed by atoms with Crippen LogP contribution in [0.4, 0.5) is 11.4 Å². The predicted octanol–water partition coefficient (Wildman–Crippen LogP) is 3.36. The van der Waals surface area contributed by atoms with E-state index in [0.29, 0.717) is 43.4 Å². The van der Waals surface area contributed by atoms with Crippen molar-refractivity contribution in [3.63, 3.8) is 0 Å². The number of likely N-dealkylation sites (tertiary alicyclic amines) is 1. The number of morpholine rings is 1. The highest BCUT2D eigenvalue weighted by atomic mass is 35.5. The van der Waals surface area contributed by atoms with E-state index in [4.69, 9.17) is 21.1 Å². The van der Waals surface area contributed by atoms with Crippen LogP contribution in [0.25, 0.3) is 6.08 Å². The predicted molar refractivity (Wildman–Crippen MR) is 134 cm³/mol. The highest BCUT2D eigenvalue weighted by Crippen LogP contribution is 2.24. The Kier molecular flexibility index (Phi) is 8.17. The largest absolute Gasteiger partial charge is 0.377 e. The standard InChI is InChI=1S/C26H28ClN3O5/c1-2-35-22-15-23(30(16-22)24(31)12-5-18-3-6-19(27)7-4-18)26(33)28-20-8-10-21(11-9-20)29-13-14-34-17-25(29)32/h3-12,22-23H,2,13-17H2,1H3,(H,28,33)/b12-5+/t22-,23-/m1/s1. The van der Waals surface area contributed by atoms with Gasteiger partial charge in [-0.05, 0) is 55.0 Å². The van der Waals surface area contributed by atoms with Gasteiger partial charge in [-0.1, -0.05) is 23.7 Å². The number of amides is 3. The number of benzene rings is 2. The number of rotatable bonds is 7. The van der Waals surface area contributed by atoms with Crippen LogP contribution in [0, 0.1) is 0 Å². The Balaban J connectivity index is 1.43. The minimum absolute atomic E-state index is 0.0670. The first kappa shape index (κ1) is 24.9. The number of ether oxygens (including phenoxy) is 2. The first-order chi connectivity index (χ1) is 16.9. The molecule has 2 atom stereocenters. The molecule has 2 aromatic rings. The average Bonchev–Trinajstić information content (AvgIpc) is 3.29. The monoisotopic (exact) mass is 497 g/mol. The van der Waals surface area contributed by atoms with Crippen molar-refractivity contribution in [1.82, 2.24) is 4.90 Å². The van der Waals surface area contributed by atoms with Gasteiger partial charge in [0.2, 0.25) is 11.8 Å². The molecule has 4 rings (SSSR count). The molecule has 0 spiro atoms. The molecule has 0 aromatic heterocycles. The summed E-state index contributed by atoms with van der Waals surface area (Å²) >= 11 is 5.92. The lowest BCUT2D eigenvalue weighted by atomic mass is 10.1. The Bertz CT molecular complexity index is 1090. The van der Waals surface area contributed by atoms with Gasteiger partial charge in [0.25, 0.3) is 5.91 Å². The summed E-state index contributed by atoms with van der Waals surface area (Å²) in [5.74, 6) is -0.638. The Labute approximate surface area is 209 Å². The van der Waals surface area contributed by atoms with Gasteiger partial charge in [-0.3, -0.25) is 14.4 Å². The van der Waals surface area contributed by atoms with E-state index < -0.39 is 6.04 Å². The fourth-order valence-electron chi connectivity index (χ4n) is 4.22. The highest BCUT2D eigenvalue weighted by Gasteiger charge is 2.39. The number of hydrogen-bond donors (Lipinski definition) is 1. The number of nitrogens with zero attached hydrogens (tertiary/aromatic N) is 2. The van der Waals surface area contributed by atoms with E-state index >= 15 is 0 Å². The second-order valence-electron chi connectivity index (χ2n) is 8.34. The molecule has 35 heavy (non-hydrogen) atoms. The molecule has 0 aliphatic carbocycles. The van der Waals surface area contributed by atoms with Gasteiger partial charge in [-0.15, -0.1) is 0 Å². The van der Waals surface area contributed by atoms with Crippen molar-refractivity contribution in [3.8, 4) is 0 Å². The molecule has 0 unspecified atom stereocenters. The normalized spacial score (nSPS) is 20.5. The summed E-state index contributed by atoms with van der Waals surface area (Å²) in [4.78, 5) is 41.4. The summed E-state index contributed by atoms with van der Waals surface area (Å²) in [7, 11) is 0. The van der Waals surface area contributed by atoms with Crippen molar-refractivity contribution in [2.45, 2.75) is 25.5 Å². The maximum Gasteiger partial charge on any atom is 0.253 e. The molecule has 8 nitrogen and oxygen atoms in total. The van der Waals surface area contributed by atoms with Gasteiger partial charge in [-0.2, -0.15) is 0 Å². The van der Waals surface area contributed by atoms with Crippen molar-refractivity contribution in [2.24, 2.45) is 0 Å². The molecule has 184 valence electrons. The molecule has 1 N–H and O–H groups in total. The summed E-state index contributed by atoms with van der Waals surface area (Å²) < 4.78 is 10.9. The van der Waals surface area contributed by atoms with Crippen LogP contribution in [0.5, 0.6) is 0 Å². The number of anilines is 2. The molecule has 2 heterocycles. The number of carbonyl (C=O) groups is 3. The van der Waals surface area contributed by atoms with E-state index in [0.717, 1.165) is 11.3 Å². The van der Waals surface area contributed by atoms with E-state index in [1.807, 2.05) is 19.1 Å². The molecule has 0 bridgehead atoms. The van der Waals surface area contributed by atoms with Crippen molar-refractivity contribution in [2.75, 3.05) is 43.1 Å². The van der Waals surface area contributed by atoms with Crippen LogP contribution in [0.3, 0.4) is 0 Å². The van der Waals surface area contributed by atoms with Crippen molar-refractivity contribution in [3.05, 3.63) is 65.2 Å². The summed E-state index contributed by atoms with van der Waals surface area (Å²) in [5.41, 5.74) is 2.17. The van der Waals surface area contributed by atoms with Crippen molar-refractivity contribution >= 4 is 46.8 Å². The zero-order valence-electron chi connectivity index (χ0n) is 19.5. The van der Waals surface area contributed by atoms with E-state index in [2.05, 4.69) is 5.32 Å². The Morgan fingerprint density at radius 1 is 1.17 bits per heavy atom. The van der Waals surface area contributed by atoms with Crippen LogP contribution in [0.2, 0.25) is 5.02 Å². The average molecular weight is 498 g/mol. The quantitative estimate of drug-likeness (QED) is 0.593. The van der Waals surface area contributed by atoms with Gasteiger partial charge in [0, 0.05) is 48.6 Å². The fraction of sp³-hybridized carbons (Fsp3) is 0.346. The molecule has 2 aliphatic rings. The SMILES string of the molecule is CCO[C@@H]1C[C@H](C(=O)Nc2ccc(N3CCOCC3=O)cc2)N(C(=O)/C=C/c2ccc(Cl)cc2)C1. The highest BCUT2D eigenvalue weighted by molar-refractivity contribution is 6.30. The number of hydrogen-bond acceptors (Lipinski definition) is 5. The lowest BCUT2D eigenvalue weighted by molar-refractivity contribution is -0.132. The summed E-state index contributed by atoms with van der Waals surface area (Å²) in [6, 6.07) is 13.5. The molecule has 0 radical (unpaired) electrons. The molecule has 2 fully saturated rings. The van der Waals surface area contributed by atoms with Crippen LogP contribution in [-0.2, 0) is 23.9 Å². The van der Waals surface area contributed by atoms with Gasteiger partial charge >= 0.3 is 0 Å². The maximum atomic E-state index is 13.1. The van der Waals surface area contributed by atoms with E-state index in [9.17, 15) is 14.4 Å². The van der Waals surface area contributed by atoms with Crippen LogP contribution in [0.15, 0.2) is 54.6 Å². The number of nitrogens with one attached hydrogen (secondary N) is 1. The third-order valence-electron chi connectivity index (χ3n) is 5.97. The van der Waals surface area contributed by atoms with Gasteiger partial charge in [-0.25, -0.2) is 0 Å². The summed E-state index contributed by atoms with van der Waals surface area (Å²) in [6.45, 7) is 3.78. The Hall–Kier alpha value is -3.20. The van der Waals surface area contributed by atoms with Crippen LogP contribution in [0.1, 0.15) is 18.9 Å². The minimum atomic E-state index is -0.658. The van der Waals surface area contributed by atoms with Crippen molar-refractivity contribution in [1.29, 1.82) is 0 Å². The fourth-order valence-corrected chi connectivity index (χ4v) is 4.35. The Morgan fingerprint density at radius 3 is 2.60 bits per heavy atom. The van der Waals surface area contributed by atoms with Gasteiger partial charge in [0.15, 0.2) is 0 Å². The van der Waals surface area contributed by atoms with Crippen LogP contribution >= 0.6 is 11.6 Å². The van der Waals surface area contributed by atoms with Gasteiger partial charge in [0.05, 0.1) is 12.7 Å². The molecule has 9 heteroatoms. The lowest BCUT2D eigenvalue weighted by Gasteiger charge is -2.27. The maximum absolute atomic E-state index is 13.1. The van der Waals surface area contributed by atoms with E-state index in [1.54, 1.807) is 52.3 Å². The first-order valence-corrected chi connectivity index (χ1v) is 12.0. The molecular formula is C26H28ClN3O5. The molecule has 0 saturated carbocycles.